The first kappa shape index (κ1) is 30.7. The summed E-state index contributed by atoms with van der Waals surface area (Å²) >= 11 is 0. The monoisotopic (exact) mass is 659 g/mol. The fourth-order valence-electron chi connectivity index (χ4n) is 6.81. The Morgan fingerprint density at radius 2 is 1.29 bits per heavy atom. The second-order valence-corrected chi connectivity index (χ2v) is 12.8. The maximum absolute atomic E-state index is 13.7. The quantitative estimate of drug-likeness (QED) is 0.170. The van der Waals surface area contributed by atoms with E-state index in [-0.39, 0.29) is 23.9 Å². The number of hydrogen-bond donors (Lipinski definition) is 1. The molecule has 5 aliphatic rings. The van der Waals surface area contributed by atoms with Gasteiger partial charge in [0.2, 0.25) is 0 Å². The average Bonchev–Trinajstić information content (AvgIpc) is 3.79. The van der Waals surface area contributed by atoms with E-state index in [0.29, 0.717) is 89.8 Å². The molecule has 4 aliphatic heterocycles. The van der Waals surface area contributed by atoms with E-state index in [1.807, 2.05) is 35.4 Å². The summed E-state index contributed by atoms with van der Waals surface area (Å²) in [4.78, 5) is 40.2. The molecule has 1 fully saturated rings. The summed E-state index contributed by atoms with van der Waals surface area (Å²) in [5.74, 6) is 2.35. The average molecular weight is 660 g/mol. The summed E-state index contributed by atoms with van der Waals surface area (Å²) < 4.78 is 23.4. The molecule has 0 unspecified atom stereocenters. The van der Waals surface area contributed by atoms with Gasteiger partial charge in [-0.25, -0.2) is 0 Å². The number of aliphatic imine (C=N–C) groups is 2. The predicted molar refractivity (Wildman–Crippen MR) is 187 cm³/mol. The fraction of sp³-hybridized carbons (Fsp3) is 0.316. The zero-order chi connectivity index (χ0) is 33.6. The van der Waals surface area contributed by atoms with Gasteiger partial charge in [-0.05, 0) is 59.7 Å². The number of nitrogen functional groups attached to an aromatic ring is 1. The number of hydrogen-bond acceptors (Lipinski definition) is 9. The zero-order valence-electron chi connectivity index (χ0n) is 27.4. The molecule has 2 amide bonds. The molecule has 0 aromatic heterocycles. The smallest absolute Gasteiger partial charge is 0.257 e. The van der Waals surface area contributed by atoms with E-state index in [1.165, 1.54) is 18.4 Å². The van der Waals surface area contributed by atoms with Gasteiger partial charge in [0.05, 0.1) is 62.0 Å². The Morgan fingerprint density at radius 3 is 1.84 bits per heavy atom. The van der Waals surface area contributed by atoms with Gasteiger partial charge in [-0.15, -0.1) is 0 Å². The summed E-state index contributed by atoms with van der Waals surface area (Å²) in [5.41, 5.74) is 12.0. The molecule has 2 atom stereocenters. The van der Waals surface area contributed by atoms with Gasteiger partial charge in [-0.1, -0.05) is 24.3 Å². The fourth-order valence-corrected chi connectivity index (χ4v) is 6.81. The lowest BCUT2D eigenvalue weighted by Crippen LogP contribution is -2.36. The normalized spacial score (nSPS) is 20.4. The minimum atomic E-state index is -0.261. The molecule has 4 heterocycles. The number of benzene rings is 3. The molecular weight excluding hydrogens is 622 g/mol. The summed E-state index contributed by atoms with van der Waals surface area (Å²) in [7, 11) is 3.11. The van der Waals surface area contributed by atoms with Crippen molar-refractivity contribution in [1.29, 1.82) is 0 Å². The van der Waals surface area contributed by atoms with E-state index in [1.54, 1.807) is 49.6 Å². The number of carbonyl (C=O) groups excluding carboxylic acids is 2. The van der Waals surface area contributed by atoms with Gasteiger partial charge in [0.25, 0.3) is 11.8 Å². The van der Waals surface area contributed by atoms with Crippen molar-refractivity contribution in [2.45, 2.75) is 31.3 Å². The maximum Gasteiger partial charge on any atom is 0.257 e. The third-order valence-electron chi connectivity index (χ3n) is 9.64. The predicted octanol–water partition coefficient (Wildman–Crippen LogP) is 5.63. The van der Waals surface area contributed by atoms with Crippen LogP contribution in [0, 0.1) is 5.92 Å². The topological polar surface area (TPSA) is 128 Å². The SMILES string of the molecule is COc1cc2c(cc1OCCCOc1cc3c(cc1OC)C(=O)N1CC(C4CC4)=C[C@H]1C=N3)N=C[C@@H]1C=C(c3ccc(N)cc3)CN1C2=O. The Labute approximate surface area is 284 Å². The van der Waals surface area contributed by atoms with Crippen LogP contribution < -0.4 is 24.7 Å². The van der Waals surface area contributed by atoms with Crippen molar-refractivity contribution in [3.05, 3.63) is 82.9 Å². The first-order chi connectivity index (χ1) is 23.9. The van der Waals surface area contributed by atoms with Crippen molar-refractivity contribution in [1.82, 2.24) is 9.80 Å². The highest BCUT2D eigenvalue weighted by molar-refractivity contribution is 6.06. The first-order valence-corrected chi connectivity index (χ1v) is 16.6. The summed E-state index contributed by atoms with van der Waals surface area (Å²) in [6.45, 7) is 1.78. The van der Waals surface area contributed by atoms with E-state index in [0.717, 1.165) is 11.1 Å². The Balaban J connectivity index is 0.919. The van der Waals surface area contributed by atoms with E-state index >= 15 is 0 Å². The molecule has 3 aromatic carbocycles. The minimum absolute atomic E-state index is 0.0526. The molecule has 0 bridgehead atoms. The van der Waals surface area contributed by atoms with Crippen LogP contribution in [0.4, 0.5) is 17.1 Å². The molecule has 1 aliphatic carbocycles. The standard InChI is InChI=1S/C38H37N5O6/c1-46-33-14-29-31(40-18-27-12-24(22-4-5-22)20-42(27)37(29)44)16-35(33)48-10-3-11-49-36-17-32-30(15-34(36)47-2)38(45)43-21-25(13-28(43)19-41-32)23-6-8-26(39)9-7-23/h6-9,12-19,22,27-28H,3-5,10-11,20-21,39H2,1-2H3/t27-,28-/m0/s1. The molecule has 49 heavy (non-hydrogen) atoms. The van der Waals surface area contributed by atoms with Crippen molar-refractivity contribution in [2.24, 2.45) is 15.9 Å². The first-order valence-electron chi connectivity index (χ1n) is 16.6. The van der Waals surface area contributed by atoms with Crippen LogP contribution in [0.2, 0.25) is 0 Å². The highest BCUT2D eigenvalue weighted by Gasteiger charge is 2.38. The summed E-state index contributed by atoms with van der Waals surface area (Å²) in [6, 6.07) is 14.2. The number of nitrogens with two attached hydrogens (primary N) is 1. The van der Waals surface area contributed by atoms with Crippen LogP contribution in [0.5, 0.6) is 23.0 Å². The van der Waals surface area contributed by atoms with Crippen molar-refractivity contribution in [3.8, 4) is 23.0 Å². The van der Waals surface area contributed by atoms with Gasteiger partial charge in [0, 0.05) is 49.8 Å². The maximum atomic E-state index is 13.7. The van der Waals surface area contributed by atoms with Crippen LogP contribution >= 0.6 is 0 Å². The molecule has 250 valence electrons. The number of amides is 2. The molecule has 11 nitrogen and oxygen atoms in total. The van der Waals surface area contributed by atoms with Crippen molar-refractivity contribution < 1.29 is 28.5 Å². The second-order valence-electron chi connectivity index (χ2n) is 12.8. The van der Waals surface area contributed by atoms with Gasteiger partial charge in [0.15, 0.2) is 23.0 Å². The van der Waals surface area contributed by atoms with Gasteiger partial charge in [-0.3, -0.25) is 19.6 Å². The number of anilines is 1. The Kier molecular flexibility index (Phi) is 7.82. The van der Waals surface area contributed by atoms with E-state index < -0.39 is 0 Å². The second kappa shape index (κ2) is 12.5. The molecule has 1 saturated carbocycles. The lowest BCUT2D eigenvalue weighted by Gasteiger charge is -2.21. The van der Waals surface area contributed by atoms with Crippen LogP contribution in [-0.2, 0) is 0 Å². The van der Waals surface area contributed by atoms with E-state index in [2.05, 4.69) is 22.1 Å². The van der Waals surface area contributed by atoms with Crippen LogP contribution in [0.3, 0.4) is 0 Å². The van der Waals surface area contributed by atoms with Crippen LogP contribution in [0.1, 0.15) is 45.5 Å². The number of nitrogens with zero attached hydrogens (tertiary/aromatic N) is 4. The van der Waals surface area contributed by atoms with Gasteiger partial charge in [0.1, 0.15) is 0 Å². The number of ether oxygens (including phenoxy) is 4. The number of fused-ring (bicyclic) bond motifs is 4. The minimum Gasteiger partial charge on any atom is -0.493 e. The van der Waals surface area contributed by atoms with Crippen molar-refractivity contribution in [3.63, 3.8) is 0 Å². The number of methoxy groups -OCH3 is 2. The van der Waals surface area contributed by atoms with Gasteiger partial charge < -0.3 is 34.5 Å². The molecule has 3 aromatic rings. The summed E-state index contributed by atoms with van der Waals surface area (Å²) in [6.07, 6.45) is 10.8. The number of rotatable bonds is 10. The van der Waals surface area contributed by atoms with Crippen molar-refractivity contribution in [2.75, 3.05) is 46.3 Å². The Hall–Kier alpha value is -5.58. The molecular formula is C38H37N5O6. The third kappa shape index (κ3) is 5.79. The van der Waals surface area contributed by atoms with Crippen LogP contribution in [0.25, 0.3) is 5.57 Å². The highest BCUT2D eigenvalue weighted by Crippen LogP contribution is 2.43. The molecule has 8 rings (SSSR count). The molecule has 0 saturated heterocycles. The largest absolute Gasteiger partial charge is 0.493 e. The molecule has 0 radical (unpaired) electrons. The lowest BCUT2D eigenvalue weighted by molar-refractivity contribution is 0.0774. The van der Waals surface area contributed by atoms with E-state index in [9.17, 15) is 9.59 Å². The lowest BCUT2D eigenvalue weighted by atomic mass is 10.1. The number of carbonyl (C=O) groups is 2. The third-order valence-corrected chi connectivity index (χ3v) is 9.64. The van der Waals surface area contributed by atoms with Crippen LogP contribution in [0.15, 0.2) is 76.2 Å². The van der Waals surface area contributed by atoms with Crippen molar-refractivity contribution >= 4 is 46.9 Å². The molecule has 11 heteroatoms. The Bertz CT molecular complexity index is 1960. The highest BCUT2D eigenvalue weighted by atomic mass is 16.5. The Morgan fingerprint density at radius 1 is 0.735 bits per heavy atom. The zero-order valence-corrected chi connectivity index (χ0v) is 27.4. The van der Waals surface area contributed by atoms with Crippen LogP contribution in [-0.4, -0.2) is 86.6 Å². The van der Waals surface area contributed by atoms with Gasteiger partial charge >= 0.3 is 0 Å². The molecule has 2 N–H and O–H groups in total. The van der Waals surface area contributed by atoms with Gasteiger partial charge in [-0.2, -0.15) is 0 Å². The molecule has 0 spiro atoms. The van der Waals surface area contributed by atoms with E-state index in [4.69, 9.17) is 24.7 Å². The summed E-state index contributed by atoms with van der Waals surface area (Å²) in [5, 5.41) is 0.